The second-order valence-corrected chi connectivity index (χ2v) is 7.12. The first kappa shape index (κ1) is 23.7. The Balaban J connectivity index is 1.70. The molecule has 33 heavy (non-hydrogen) atoms. The van der Waals surface area contributed by atoms with Gasteiger partial charge in [-0.25, -0.2) is 9.37 Å². The largest absolute Gasteiger partial charge is 0.416 e. The van der Waals surface area contributed by atoms with Crippen molar-refractivity contribution in [3.63, 3.8) is 0 Å². The Morgan fingerprint density at radius 1 is 1.24 bits per heavy atom. The van der Waals surface area contributed by atoms with Crippen LogP contribution in [-0.2, 0) is 18.0 Å². The predicted molar refractivity (Wildman–Crippen MR) is 111 cm³/mol. The number of nitro benzene ring substituents is 1. The molecule has 12 heteroatoms. The highest BCUT2D eigenvalue weighted by Gasteiger charge is 2.33. The van der Waals surface area contributed by atoms with E-state index in [0.29, 0.717) is 17.5 Å². The van der Waals surface area contributed by atoms with Crippen molar-refractivity contribution in [3.05, 3.63) is 87.7 Å². The van der Waals surface area contributed by atoms with Gasteiger partial charge in [-0.1, -0.05) is 12.1 Å². The van der Waals surface area contributed by atoms with Crippen LogP contribution in [0.4, 0.5) is 28.9 Å². The molecule has 0 fully saturated rings. The number of nitrogens with one attached hydrogen (secondary N) is 2. The molecule has 0 radical (unpaired) electrons. The maximum atomic E-state index is 13.7. The van der Waals surface area contributed by atoms with E-state index in [1.807, 2.05) is 0 Å². The lowest BCUT2D eigenvalue weighted by molar-refractivity contribution is -0.384. The van der Waals surface area contributed by atoms with Gasteiger partial charge in [-0.2, -0.15) is 13.2 Å². The van der Waals surface area contributed by atoms with Crippen LogP contribution in [0.5, 0.6) is 0 Å². The first-order valence-electron chi connectivity index (χ1n) is 9.68. The Hall–Kier alpha value is -3.96. The van der Waals surface area contributed by atoms with Crippen molar-refractivity contribution in [3.8, 4) is 0 Å². The van der Waals surface area contributed by atoms with Gasteiger partial charge in [-0.05, 0) is 29.8 Å². The molecule has 3 rings (SSSR count). The lowest BCUT2D eigenvalue weighted by Gasteiger charge is -2.19. The number of alkyl halides is 3. The summed E-state index contributed by atoms with van der Waals surface area (Å²) in [5.41, 5.74) is -1.59. The molecule has 1 unspecified atom stereocenters. The third-order valence-corrected chi connectivity index (χ3v) is 4.79. The number of imidazole rings is 1. The molecule has 0 aliphatic carbocycles. The Bertz CT molecular complexity index is 1160. The van der Waals surface area contributed by atoms with Gasteiger partial charge in [0, 0.05) is 38.5 Å². The van der Waals surface area contributed by atoms with Crippen LogP contribution in [0.25, 0.3) is 0 Å². The van der Waals surface area contributed by atoms with Gasteiger partial charge >= 0.3 is 6.18 Å². The maximum Gasteiger partial charge on any atom is 0.416 e. The molecule has 2 aromatic carbocycles. The van der Waals surface area contributed by atoms with Crippen molar-refractivity contribution in [1.82, 2.24) is 14.9 Å². The van der Waals surface area contributed by atoms with E-state index in [1.54, 1.807) is 23.9 Å². The van der Waals surface area contributed by atoms with Crippen molar-refractivity contribution < 1.29 is 27.3 Å². The second-order valence-electron chi connectivity index (χ2n) is 7.12. The van der Waals surface area contributed by atoms with Crippen LogP contribution in [0, 0.1) is 15.9 Å². The molecule has 0 saturated carbocycles. The van der Waals surface area contributed by atoms with Crippen LogP contribution in [0.3, 0.4) is 0 Å². The SMILES string of the molecule is Cn1ccnc1C(NC(=O)CCNc1ccc(C(F)(F)F)cc1[N+](=O)[O-])c1cccc(F)c1. The van der Waals surface area contributed by atoms with E-state index >= 15 is 0 Å². The van der Waals surface area contributed by atoms with E-state index in [-0.39, 0.29) is 18.7 Å². The van der Waals surface area contributed by atoms with Crippen molar-refractivity contribution in [2.24, 2.45) is 7.05 Å². The molecule has 0 saturated heterocycles. The van der Waals surface area contributed by atoms with Gasteiger partial charge in [0.1, 0.15) is 23.4 Å². The van der Waals surface area contributed by atoms with E-state index in [9.17, 15) is 32.5 Å². The summed E-state index contributed by atoms with van der Waals surface area (Å²) in [4.78, 5) is 27.0. The van der Waals surface area contributed by atoms with E-state index in [0.717, 1.165) is 12.1 Å². The van der Waals surface area contributed by atoms with E-state index in [1.165, 1.54) is 24.4 Å². The topological polar surface area (TPSA) is 102 Å². The summed E-state index contributed by atoms with van der Waals surface area (Å²) >= 11 is 0. The summed E-state index contributed by atoms with van der Waals surface area (Å²) in [5, 5.41) is 16.5. The molecule has 1 heterocycles. The molecule has 0 spiro atoms. The van der Waals surface area contributed by atoms with Gasteiger partial charge in [0.15, 0.2) is 0 Å². The number of benzene rings is 2. The standard InChI is InChI=1S/C21H19F4N5O3/c1-29-10-9-27-20(29)19(13-3-2-4-15(22)11-13)28-18(31)7-8-26-16-6-5-14(21(23,24)25)12-17(16)30(32)33/h2-6,9-12,19,26H,7-8H2,1H3,(H,28,31). The highest BCUT2D eigenvalue weighted by molar-refractivity contribution is 5.77. The van der Waals surface area contributed by atoms with E-state index in [2.05, 4.69) is 15.6 Å². The van der Waals surface area contributed by atoms with Crippen LogP contribution in [0.1, 0.15) is 29.4 Å². The number of aromatic nitrogens is 2. The Morgan fingerprint density at radius 3 is 2.61 bits per heavy atom. The number of nitrogens with zero attached hydrogens (tertiary/aromatic N) is 3. The average Bonchev–Trinajstić information content (AvgIpc) is 3.16. The lowest BCUT2D eigenvalue weighted by Crippen LogP contribution is -2.32. The Labute approximate surface area is 185 Å². The number of aryl methyl sites for hydroxylation is 1. The summed E-state index contributed by atoms with van der Waals surface area (Å²) in [7, 11) is 1.71. The minimum Gasteiger partial charge on any atom is -0.379 e. The van der Waals surface area contributed by atoms with Gasteiger partial charge in [0.05, 0.1) is 10.5 Å². The van der Waals surface area contributed by atoms with E-state index in [4.69, 9.17) is 0 Å². The summed E-state index contributed by atoms with van der Waals surface area (Å²) in [5.74, 6) is -0.508. The van der Waals surface area contributed by atoms with Crippen LogP contribution >= 0.6 is 0 Å². The highest BCUT2D eigenvalue weighted by atomic mass is 19.4. The molecule has 0 bridgehead atoms. The summed E-state index contributed by atoms with van der Waals surface area (Å²) in [6.07, 6.45) is -1.69. The number of halogens is 4. The average molecular weight is 465 g/mol. The zero-order chi connectivity index (χ0) is 24.2. The summed E-state index contributed by atoms with van der Waals surface area (Å²) in [6.45, 7) is -0.0888. The number of hydrogen-bond donors (Lipinski definition) is 2. The predicted octanol–water partition coefficient (Wildman–Crippen LogP) is 4.19. The third-order valence-electron chi connectivity index (χ3n) is 4.79. The van der Waals surface area contributed by atoms with Crippen molar-refractivity contribution in [1.29, 1.82) is 0 Å². The number of hydrogen-bond acceptors (Lipinski definition) is 5. The van der Waals surface area contributed by atoms with Gasteiger partial charge < -0.3 is 15.2 Å². The molecule has 174 valence electrons. The van der Waals surface area contributed by atoms with Crippen LogP contribution in [-0.4, -0.2) is 26.9 Å². The fourth-order valence-electron chi connectivity index (χ4n) is 3.19. The van der Waals surface area contributed by atoms with Crippen molar-refractivity contribution in [2.45, 2.75) is 18.6 Å². The number of nitro groups is 1. The fourth-order valence-corrected chi connectivity index (χ4v) is 3.19. The first-order valence-corrected chi connectivity index (χ1v) is 9.68. The third kappa shape index (κ3) is 5.84. The monoisotopic (exact) mass is 465 g/mol. The molecule has 1 atom stereocenters. The summed E-state index contributed by atoms with van der Waals surface area (Å²) in [6, 6.07) is 7.01. The fraction of sp³-hybridized carbons (Fsp3) is 0.238. The van der Waals surface area contributed by atoms with Gasteiger partial charge in [0.2, 0.25) is 5.91 Å². The van der Waals surface area contributed by atoms with Gasteiger partial charge in [-0.3, -0.25) is 14.9 Å². The van der Waals surface area contributed by atoms with Crippen molar-refractivity contribution >= 4 is 17.3 Å². The minimum absolute atomic E-state index is 0.0888. The normalized spacial score (nSPS) is 12.3. The number of rotatable bonds is 8. The number of carbonyl (C=O) groups is 1. The minimum atomic E-state index is -4.72. The summed E-state index contributed by atoms with van der Waals surface area (Å²) < 4.78 is 53.9. The lowest BCUT2D eigenvalue weighted by atomic mass is 10.1. The van der Waals surface area contributed by atoms with Crippen LogP contribution in [0.15, 0.2) is 54.9 Å². The number of amides is 1. The quantitative estimate of drug-likeness (QED) is 0.295. The van der Waals surface area contributed by atoms with Crippen LogP contribution in [0.2, 0.25) is 0 Å². The zero-order valence-electron chi connectivity index (χ0n) is 17.3. The van der Waals surface area contributed by atoms with Gasteiger partial charge in [-0.15, -0.1) is 0 Å². The molecule has 2 N–H and O–H groups in total. The molecule has 3 aromatic rings. The molecule has 8 nitrogen and oxygen atoms in total. The highest BCUT2D eigenvalue weighted by Crippen LogP contribution is 2.35. The molecular weight excluding hydrogens is 446 g/mol. The molecular formula is C21H19F4N5O3. The molecule has 0 aliphatic rings. The maximum absolute atomic E-state index is 13.7. The van der Waals surface area contributed by atoms with Crippen molar-refractivity contribution in [2.75, 3.05) is 11.9 Å². The molecule has 0 aliphatic heterocycles. The Morgan fingerprint density at radius 2 is 2.00 bits per heavy atom. The first-order chi connectivity index (χ1) is 15.6. The second kappa shape index (κ2) is 9.67. The molecule has 1 aromatic heterocycles. The smallest absolute Gasteiger partial charge is 0.379 e. The zero-order valence-corrected chi connectivity index (χ0v) is 17.3. The van der Waals surface area contributed by atoms with Gasteiger partial charge in [0.25, 0.3) is 5.69 Å². The van der Waals surface area contributed by atoms with Crippen LogP contribution < -0.4 is 10.6 Å². The molecule has 1 amide bonds. The Kier molecular flexibility index (Phi) is 6.95. The number of anilines is 1. The number of carbonyl (C=O) groups excluding carboxylic acids is 1. The van der Waals surface area contributed by atoms with E-state index < -0.39 is 40.1 Å².